The molecule has 1 unspecified atom stereocenters. The molecule has 0 bridgehead atoms. The van der Waals surface area contributed by atoms with Gasteiger partial charge in [0.15, 0.2) is 0 Å². The van der Waals surface area contributed by atoms with Gasteiger partial charge >= 0.3 is 0 Å². The van der Waals surface area contributed by atoms with Crippen molar-refractivity contribution >= 4 is 0 Å². The van der Waals surface area contributed by atoms with Gasteiger partial charge in [-0.3, -0.25) is 0 Å². The summed E-state index contributed by atoms with van der Waals surface area (Å²) in [6.45, 7) is 12.9. The fourth-order valence-electron chi connectivity index (χ4n) is 2.49. The third-order valence-electron chi connectivity index (χ3n) is 3.30. The number of nitrogens with zero attached hydrogens (tertiary/aromatic N) is 1. The van der Waals surface area contributed by atoms with E-state index >= 15 is 0 Å². The van der Waals surface area contributed by atoms with Crippen LogP contribution in [0.3, 0.4) is 0 Å². The molecule has 0 aliphatic carbocycles. The Morgan fingerprint density at radius 1 is 1.14 bits per heavy atom. The number of ether oxygens (including phenoxy) is 1. The van der Waals surface area contributed by atoms with E-state index in [9.17, 15) is 0 Å². The molecule has 21 heavy (non-hydrogen) atoms. The molecule has 120 valence electrons. The van der Waals surface area contributed by atoms with Crippen LogP contribution in [0, 0.1) is 5.92 Å². The molecule has 1 heterocycles. The summed E-state index contributed by atoms with van der Waals surface area (Å²) in [6.07, 6.45) is 4.55. The fraction of sp³-hybridized carbons (Fsp3) is 0.722. The van der Waals surface area contributed by atoms with E-state index < -0.39 is 0 Å². The summed E-state index contributed by atoms with van der Waals surface area (Å²) >= 11 is 0. The molecule has 1 aromatic heterocycles. The van der Waals surface area contributed by atoms with Gasteiger partial charge in [0, 0.05) is 18.3 Å². The van der Waals surface area contributed by atoms with Crippen molar-refractivity contribution in [3.8, 4) is 5.88 Å². The van der Waals surface area contributed by atoms with E-state index in [-0.39, 0.29) is 6.10 Å². The van der Waals surface area contributed by atoms with Crippen LogP contribution in [-0.4, -0.2) is 17.6 Å². The maximum absolute atomic E-state index is 6.02. The van der Waals surface area contributed by atoms with Crippen LogP contribution in [0.5, 0.6) is 5.88 Å². The summed E-state index contributed by atoms with van der Waals surface area (Å²) in [4.78, 5) is 4.65. The molecule has 0 saturated heterocycles. The monoisotopic (exact) mass is 292 g/mol. The largest absolute Gasteiger partial charge is 0.475 e. The molecule has 0 radical (unpaired) electrons. The summed E-state index contributed by atoms with van der Waals surface area (Å²) in [6, 6.07) is 4.28. The van der Waals surface area contributed by atoms with Crippen LogP contribution in [-0.2, 0) is 13.0 Å². The summed E-state index contributed by atoms with van der Waals surface area (Å²) in [5, 5.41) is 3.45. The second-order valence-corrected chi connectivity index (χ2v) is 6.29. The number of hydrogen-bond acceptors (Lipinski definition) is 3. The molecule has 3 heteroatoms. The molecule has 1 atom stereocenters. The predicted octanol–water partition coefficient (Wildman–Crippen LogP) is 4.35. The lowest BCUT2D eigenvalue weighted by molar-refractivity contribution is 0.185. The molecule has 0 saturated carbocycles. The summed E-state index contributed by atoms with van der Waals surface area (Å²) in [5.74, 6) is 1.42. The van der Waals surface area contributed by atoms with Crippen molar-refractivity contribution in [2.75, 3.05) is 6.54 Å². The van der Waals surface area contributed by atoms with Crippen LogP contribution >= 0.6 is 0 Å². The quantitative estimate of drug-likeness (QED) is 0.651. The lowest BCUT2D eigenvalue weighted by atomic mass is 10.1. The van der Waals surface area contributed by atoms with Crippen molar-refractivity contribution in [1.82, 2.24) is 10.3 Å². The van der Waals surface area contributed by atoms with E-state index in [1.165, 1.54) is 5.56 Å². The lowest BCUT2D eigenvalue weighted by Gasteiger charge is -2.17. The average molecular weight is 292 g/mol. The Balaban J connectivity index is 2.75. The number of pyridine rings is 1. The Kier molecular flexibility index (Phi) is 8.36. The molecule has 1 N–H and O–H groups in total. The topological polar surface area (TPSA) is 34.2 Å². The average Bonchev–Trinajstić information content (AvgIpc) is 2.38. The van der Waals surface area contributed by atoms with Crippen molar-refractivity contribution in [3.05, 3.63) is 23.4 Å². The van der Waals surface area contributed by atoms with Crippen LogP contribution < -0.4 is 10.1 Å². The second kappa shape index (κ2) is 9.78. The molecule has 0 aromatic carbocycles. The Bertz CT molecular complexity index is 404. The van der Waals surface area contributed by atoms with Crippen LogP contribution in [0.15, 0.2) is 12.1 Å². The van der Waals surface area contributed by atoms with Gasteiger partial charge in [-0.2, -0.15) is 0 Å². The van der Waals surface area contributed by atoms with Gasteiger partial charge in [0.05, 0.1) is 6.10 Å². The molecule has 3 nitrogen and oxygen atoms in total. The minimum absolute atomic E-state index is 0.214. The third kappa shape index (κ3) is 7.47. The van der Waals surface area contributed by atoms with Crippen molar-refractivity contribution in [2.24, 2.45) is 5.92 Å². The van der Waals surface area contributed by atoms with Gasteiger partial charge in [0.25, 0.3) is 0 Å². The standard InChI is InChI=1S/C18H32N2O/c1-6-8-17-11-16(13-19-9-7-2)12-18(20-17)21-15(5)10-14(3)4/h11-12,14-15,19H,6-10,13H2,1-5H3. The molecular formula is C18H32N2O. The molecule has 0 fully saturated rings. The second-order valence-electron chi connectivity index (χ2n) is 6.29. The highest BCUT2D eigenvalue weighted by Gasteiger charge is 2.10. The van der Waals surface area contributed by atoms with Gasteiger partial charge in [-0.15, -0.1) is 0 Å². The molecule has 0 amide bonds. The highest BCUT2D eigenvalue weighted by Crippen LogP contribution is 2.18. The van der Waals surface area contributed by atoms with Gasteiger partial charge in [-0.1, -0.05) is 34.1 Å². The smallest absolute Gasteiger partial charge is 0.214 e. The van der Waals surface area contributed by atoms with Gasteiger partial charge in [-0.25, -0.2) is 4.98 Å². The van der Waals surface area contributed by atoms with E-state index in [0.717, 1.165) is 50.3 Å². The van der Waals surface area contributed by atoms with Crippen LogP contribution in [0.25, 0.3) is 0 Å². The van der Waals surface area contributed by atoms with Gasteiger partial charge < -0.3 is 10.1 Å². The van der Waals surface area contributed by atoms with E-state index in [0.29, 0.717) is 5.92 Å². The number of rotatable bonds is 10. The van der Waals surface area contributed by atoms with E-state index in [1.807, 2.05) is 0 Å². The first kappa shape index (κ1) is 18.0. The van der Waals surface area contributed by atoms with E-state index in [1.54, 1.807) is 0 Å². The van der Waals surface area contributed by atoms with Crippen molar-refractivity contribution in [1.29, 1.82) is 0 Å². The number of hydrogen-bond donors (Lipinski definition) is 1. The molecule has 1 aromatic rings. The molecule has 1 rings (SSSR count). The van der Waals surface area contributed by atoms with Crippen molar-refractivity contribution in [3.63, 3.8) is 0 Å². The Labute approximate surface area is 130 Å². The Morgan fingerprint density at radius 3 is 2.52 bits per heavy atom. The zero-order valence-electron chi connectivity index (χ0n) is 14.4. The summed E-state index contributed by atoms with van der Waals surface area (Å²) < 4.78 is 6.02. The summed E-state index contributed by atoms with van der Waals surface area (Å²) in [5.41, 5.74) is 2.41. The zero-order valence-corrected chi connectivity index (χ0v) is 14.4. The number of aryl methyl sites for hydroxylation is 1. The van der Waals surface area contributed by atoms with Gasteiger partial charge in [-0.05, 0) is 50.3 Å². The lowest BCUT2D eigenvalue weighted by Crippen LogP contribution is -2.17. The third-order valence-corrected chi connectivity index (χ3v) is 3.30. The van der Waals surface area contributed by atoms with Gasteiger partial charge in [0.1, 0.15) is 0 Å². The first-order chi connectivity index (χ1) is 10.0. The minimum atomic E-state index is 0.214. The van der Waals surface area contributed by atoms with Crippen LogP contribution in [0.2, 0.25) is 0 Å². The predicted molar refractivity (Wildman–Crippen MR) is 89.8 cm³/mol. The maximum Gasteiger partial charge on any atom is 0.214 e. The molecule has 0 spiro atoms. The SMILES string of the molecule is CCCNCc1cc(CCC)nc(OC(C)CC(C)C)c1. The van der Waals surface area contributed by atoms with E-state index in [2.05, 4.69) is 57.1 Å². The van der Waals surface area contributed by atoms with Crippen LogP contribution in [0.4, 0.5) is 0 Å². The van der Waals surface area contributed by atoms with Gasteiger partial charge in [0.2, 0.25) is 5.88 Å². The highest BCUT2D eigenvalue weighted by molar-refractivity contribution is 5.25. The Morgan fingerprint density at radius 2 is 1.90 bits per heavy atom. The number of aromatic nitrogens is 1. The summed E-state index contributed by atoms with van der Waals surface area (Å²) in [7, 11) is 0. The van der Waals surface area contributed by atoms with Crippen LogP contribution in [0.1, 0.15) is 65.1 Å². The fourth-order valence-corrected chi connectivity index (χ4v) is 2.49. The minimum Gasteiger partial charge on any atom is -0.475 e. The molecular weight excluding hydrogens is 260 g/mol. The zero-order chi connectivity index (χ0) is 15.7. The van der Waals surface area contributed by atoms with Crippen molar-refractivity contribution < 1.29 is 4.74 Å². The van der Waals surface area contributed by atoms with E-state index in [4.69, 9.17) is 4.74 Å². The Hall–Kier alpha value is -1.09. The first-order valence-corrected chi connectivity index (χ1v) is 8.42. The number of nitrogens with one attached hydrogen (secondary N) is 1. The molecule has 0 aliphatic rings. The van der Waals surface area contributed by atoms with Crippen molar-refractivity contribution in [2.45, 2.75) is 73.0 Å². The maximum atomic E-state index is 6.02. The molecule has 0 aliphatic heterocycles. The normalized spacial score (nSPS) is 12.7. The first-order valence-electron chi connectivity index (χ1n) is 8.42. The highest BCUT2D eigenvalue weighted by atomic mass is 16.5.